The zero-order valence-electron chi connectivity index (χ0n) is 10.7. The Labute approximate surface area is 115 Å². The van der Waals surface area contributed by atoms with Crippen LogP contribution in [0.5, 0.6) is 0 Å². The van der Waals surface area contributed by atoms with Crippen LogP contribution in [0.2, 0.25) is 0 Å². The molecule has 0 saturated carbocycles. The van der Waals surface area contributed by atoms with Crippen molar-refractivity contribution in [3.63, 3.8) is 0 Å². The molecule has 1 aromatic carbocycles. The molecule has 0 bridgehead atoms. The maximum absolute atomic E-state index is 8.59. The van der Waals surface area contributed by atoms with Gasteiger partial charge in [-0.15, -0.1) is 0 Å². The summed E-state index contributed by atoms with van der Waals surface area (Å²) < 4.78 is 5.14. The van der Waals surface area contributed by atoms with E-state index in [1.54, 1.807) is 30.3 Å². The van der Waals surface area contributed by atoms with Crippen molar-refractivity contribution >= 4 is 11.4 Å². The van der Waals surface area contributed by atoms with Crippen molar-refractivity contribution in [2.75, 3.05) is 5.43 Å². The summed E-state index contributed by atoms with van der Waals surface area (Å²) in [6, 6.07) is 10.4. The fraction of sp³-hybridized carbons (Fsp3) is 0.154. The molecule has 0 spiro atoms. The van der Waals surface area contributed by atoms with Gasteiger partial charge in [-0.05, 0) is 18.2 Å². The lowest BCUT2D eigenvalue weighted by Gasteiger charge is -2.01. The average Bonchev–Trinajstić information content (AvgIpc) is 2.97. The molecule has 2 rings (SSSR count). The topological polar surface area (TPSA) is 111 Å². The third kappa shape index (κ3) is 2.98. The lowest BCUT2D eigenvalue weighted by molar-refractivity contribution is 0.423. The number of hydrogen-bond donors (Lipinski definition) is 1. The van der Waals surface area contributed by atoms with Crippen LogP contribution in [-0.4, -0.2) is 15.9 Å². The van der Waals surface area contributed by atoms with Gasteiger partial charge in [-0.25, -0.2) is 0 Å². The first-order chi connectivity index (χ1) is 9.76. The van der Waals surface area contributed by atoms with Gasteiger partial charge in [0.15, 0.2) is 5.82 Å². The summed E-state index contributed by atoms with van der Waals surface area (Å²) in [6.45, 7) is 1.94. The molecule has 0 unspecified atom stereocenters. The quantitative estimate of drug-likeness (QED) is 0.670. The highest BCUT2D eigenvalue weighted by Gasteiger charge is 2.07. The van der Waals surface area contributed by atoms with Gasteiger partial charge in [-0.2, -0.15) is 20.6 Å². The number of nitrogens with zero attached hydrogens (tertiary/aromatic N) is 5. The number of rotatable bonds is 4. The summed E-state index contributed by atoms with van der Waals surface area (Å²) in [4.78, 5) is 4.22. The van der Waals surface area contributed by atoms with E-state index < -0.39 is 0 Å². The lowest BCUT2D eigenvalue weighted by atomic mass is 10.2. The number of anilines is 1. The van der Waals surface area contributed by atoms with E-state index in [4.69, 9.17) is 15.0 Å². The molecule has 0 saturated heterocycles. The van der Waals surface area contributed by atoms with Gasteiger partial charge < -0.3 is 4.52 Å². The molecule has 7 heteroatoms. The SMILES string of the molecule is CCc1noc(-c2cccc(NN=C(C#N)C#N)c2)n1. The molecule has 1 heterocycles. The number of benzene rings is 1. The fourth-order valence-corrected chi connectivity index (χ4v) is 1.43. The third-order valence-corrected chi connectivity index (χ3v) is 2.40. The zero-order valence-corrected chi connectivity index (χ0v) is 10.7. The van der Waals surface area contributed by atoms with Gasteiger partial charge in [0.05, 0.1) is 5.69 Å². The van der Waals surface area contributed by atoms with Gasteiger partial charge in [0, 0.05) is 12.0 Å². The van der Waals surface area contributed by atoms with Crippen LogP contribution < -0.4 is 5.43 Å². The number of nitriles is 2. The van der Waals surface area contributed by atoms with Gasteiger partial charge >= 0.3 is 0 Å². The minimum atomic E-state index is -0.249. The Balaban J connectivity index is 2.23. The molecule has 98 valence electrons. The summed E-state index contributed by atoms with van der Waals surface area (Å²) in [5.74, 6) is 1.04. The summed E-state index contributed by atoms with van der Waals surface area (Å²) >= 11 is 0. The van der Waals surface area contributed by atoms with Crippen molar-refractivity contribution in [3.8, 4) is 23.6 Å². The largest absolute Gasteiger partial charge is 0.334 e. The van der Waals surface area contributed by atoms with E-state index >= 15 is 0 Å². The Bertz CT molecular complexity index is 703. The molecule has 2 aromatic rings. The van der Waals surface area contributed by atoms with Gasteiger partial charge in [-0.3, -0.25) is 5.43 Å². The summed E-state index contributed by atoms with van der Waals surface area (Å²) in [5.41, 5.74) is 3.72. The predicted molar refractivity (Wildman–Crippen MR) is 71.4 cm³/mol. The molecular weight excluding hydrogens is 256 g/mol. The minimum Gasteiger partial charge on any atom is -0.334 e. The molecule has 0 amide bonds. The third-order valence-electron chi connectivity index (χ3n) is 2.40. The van der Waals surface area contributed by atoms with Crippen molar-refractivity contribution in [2.24, 2.45) is 5.10 Å². The normalized spacial score (nSPS) is 9.35. The van der Waals surface area contributed by atoms with Crippen molar-refractivity contribution < 1.29 is 4.52 Å². The molecule has 1 N–H and O–H groups in total. The van der Waals surface area contributed by atoms with E-state index in [1.165, 1.54) is 0 Å². The highest BCUT2D eigenvalue weighted by molar-refractivity contribution is 6.10. The van der Waals surface area contributed by atoms with E-state index in [2.05, 4.69) is 20.7 Å². The molecule has 1 aromatic heterocycles. The molecule has 0 atom stereocenters. The molecule has 20 heavy (non-hydrogen) atoms. The number of aryl methyl sites for hydroxylation is 1. The summed E-state index contributed by atoms with van der Waals surface area (Å²) in [6.07, 6.45) is 0.694. The molecule has 0 fully saturated rings. The Hall–Kier alpha value is -3.19. The van der Waals surface area contributed by atoms with Gasteiger partial charge in [0.2, 0.25) is 5.71 Å². The molecule has 7 nitrogen and oxygen atoms in total. The second-order valence-electron chi connectivity index (χ2n) is 3.75. The zero-order chi connectivity index (χ0) is 14.4. The number of aromatic nitrogens is 2. The minimum absolute atomic E-state index is 0.249. The first kappa shape index (κ1) is 13.2. The van der Waals surface area contributed by atoms with Crippen LogP contribution in [0.15, 0.2) is 33.9 Å². The van der Waals surface area contributed by atoms with Crippen LogP contribution in [0.25, 0.3) is 11.5 Å². The Morgan fingerprint density at radius 1 is 1.40 bits per heavy atom. The predicted octanol–water partition coefficient (Wildman–Crippen LogP) is 2.11. The highest BCUT2D eigenvalue weighted by Crippen LogP contribution is 2.21. The maximum Gasteiger partial charge on any atom is 0.257 e. The van der Waals surface area contributed by atoms with E-state index in [9.17, 15) is 0 Å². The molecular formula is C13H10N6O. The summed E-state index contributed by atoms with van der Waals surface area (Å²) in [7, 11) is 0. The van der Waals surface area contributed by atoms with Gasteiger partial charge in [-0.1, -0.05) is 18.1 Å². The second-order valence-corrected chi connectivity index (χ2v) is 3.75. The summed E-state index contributed by atoms with van der Waals surface area (Å²) in [5, 5.41) is 24.7. The highest BCUT2D eigenvalue weighted by atomic mass is 16.5. The van der Waals surface area contributed by atoms with Crippen LogP contribution in [0, 0.1) is 22.7 Å². The van der Waals surface area contributed by atoms with E-state index in [0.29, 0.717) is 23.8 Å². The van der Waals surface area contributed by atoms with E-state index in [0.717, 1.165) is 5.56 Å². The monoisotopic (exact) mass is 266 g/mol. The Kier molecular flexibility index (Phi) is 4.05. The van der Waals surface area contributed by atoms with Crippen molar-refractivity contribution in [1.82, 2.24) is 10.1 Å². The van der Waals surface area contributed by atoms with Crippen molar-refractivity contribution in [1.29, 1.82) is 10.5 Å². The fourth-order valence-electron chi connectivity index (χ4n) is 1.43. The molecule has 0 aliphatic rings. The number of hydrazone groups is 1. The van der Waals surface area contributed by atoms with Crippen LogP contribution in [0.4, 0.5) is 5.69 Å². The average molecular weight is 266 g/mol. The smallest absolute Gasteiger partial charge is 0.257 e. The van der Waals surface area contributed by atoms with Gasteiger partial charge in [0.1, 0.15) is 12.1 Å². The first-order valence-corrected chi connectivity index (χ1v) is 5.83. The van der Waals surface area contributed by atoms with Gasteiger partial charge in [0.25, 0.3) is 5.89 Å². The first-order valence-electron chi connectivity index (χ1n) is 5.83. The molecule has 0 aliphatic heterocycles. The molecule has 0 radical (unpaired) electrons. The van der Waals surface area contributed by atoms with E-state index in [-0.39, 0.29) is 5.71 Å². The second kappa shape index (κ2) is 6.12. The number of nitrogens with one attached hydrogen (secondary N) is 1. The van der Waals surface area contributed by atoms with Crippen molar-refractivity contribution in [2.45, 2.75) is 13.3 Å². The Morgan fingerprint density at radius 2 is 2.20 bits per heavy atom. The van der Waals surface area contributed by atoms with Crippen LogP contribution >= 0.6 is 0 Å². The van der Waals surface area contributed by atoms with E-state index in [1.807, 2.05) is 13.0 Å². The lowest BCUT2D eigenvalue weighted by Crippen LogP contribution is -1.96. The maximum atomic E-state index is 8.59. The Morgan fingerprint density at radius 3 is 2.85 bits per heavy atom. The standard InChI is InChI=1S/C13H10N6O/c1-2-12-16-13(20-19-12)9-4-3-5-10(6-9)17-18-11(7-14)8-15/h3-6,17H,2H2,1H3. The van der Waals surface area contributed by atoms with Crippen LogP contribution in [0.1, 0.15) is 12.7 Å². The van der Waals surface area contributed by atoms with Crippen LogP contribution in [0.3, 0.4) is 0 Å². The number of hydrogen-bond acceptors (Lipinski definition) is 7. The van der Waals surface area contributed by atoms with Crippen molar-refractivity contribution in [3.05, 3.63) is 30.1 Å². The van der Waals surface area contributed by atoms with Crippen LogP contribution in [-0.2, 0) is 6.42 Å². The molecule has 0 aliphatic carbocycles.